The van der Waals surface area contributed by atoms with Gasteiger partial charge in [0, 0.05) is 6.21 Å². The Kier molecular flexibility index (Phi) is 3.47. The number of amides is 1. The zero-order chi connectivity index (χ0) is 8.81. The average Bonchev–Trinajstić information content (AvgIpc) is 2.56. The average molecular weight is 182 g/mol. The predicted molar refractivity (Wildman–Crippen MR) is 50.6 cm³/mol. The van der Waals surface area contributed by atoms with Crippen molar-refractivity contribution in [1.29, 1.82) is 0 Å². The monoisotopic (exact) mass is 182 g/mol. The molecule has 64 valence electrons. The Balaban J connectivity index is 2.45. The number of carbonyl (C=O) groups excluding carboxylic acids is 1. The molecule has 0 saturated carbocycles. The molecule has 0 aliphatic rings. The Hall–Kier alpha value is -1.16. The lowest BCUT2D eigenvalue weighted by Gasteiger charge is -1.93. The molecule has 1 aromatic rings. The summed E-state index contributed by atoms with van der Waals surface area (Å²) < 4.78 is 0. The Labute approximate surface area is 75.1 Å². The van der Waals surface area contributed by atoms with Crippen LogP contribution in [0.25, 0.3) is 0 Å². The topological polar surface area (TPSA) is 41.5 Å². The normalized spacial score (nSPS) is 10.4. The molecule has 0 fully saturated rings. The predicted octanol–water partition coefficient (Wildman–Crippen LogP) is 1.87. The van der Waals surface area contributed by atoms with E-state index in [9.17, 15) is 4.79 Å². The second kappa shape index (κ2) is 4.66. The van der Waals surface area contributed by atoms with Crippen LogP contribution in [-0.2, 0) is 0 Å². The van der Waals surface area contributed by atoms with Crippen molar-refractivity contribution in [2.75, 3.05) is 0 Å². The van der Waals surface area contributed by atoms with Crippen LogP contribution in [-0.4, -0.2) is 12.1 Å². The van der Waals surface area contributed by atoms with E-state index in [2.05, 4.69) is 10.5 Å². The zero-order valence-corrected chi connectivity index (χ0v) is 7.60. The summed E-state index contributed by atoms with van der Waals surface area (Å²) >= 11 is 1.40. The smallest absolute Gasteiger partial charge is 0.266 e. The fourth-order valence-corrected chi connectivity index (χ4v) is 1.27. The van der Waals surface area contributed by atoms with Crippen molar-refractivity contribution in [2.24, 2.45) is 5.10 Å². The summed E-state index contributed by atoms with van der Waals surface area (Å²) in [6.07, 6.45) is 2.48. The van der Waals surface area contributed by atoms with Gasteiger partial charge in [-0.05, 0) is 17.9 Å². The summed E-state index contributed by atoms with van der Waals surface area (Å²) in [5, 5.41) is 5.59. The fourth-order valence-electron chi connectivity index (χ4n) is 0.658. The minimum Gasteiger partial charge on any atom is -0.266 e. The molecule has 0 unspecified atom stereocenters. The van der Waals surface area contributed by atoms with Crippen LogP contribution in [0.4, 0.5) is 0 Å². The number of hydrazone groups is 1. The van der Waals surface area contributed by atoms with Crippen LogP contribution < -0.4 is 5.43 Å². The molecule has 12 heavy (non-hydrogen) atoms. The van der Waals surface area contributed by atoms with Crippen molar-refractivity contribution in [2.45, 2.75) is 13.3 Å². The largest absolute Gasteiger partial charge is 0.281 e. The number of nitrogens with zero attached hydrogens (tertiary/aromatic N) is 1. The first kappa shape index (κ1) is 8.93. The van der Waals surface area contributed by atoms with Gasteiger partial charge in [0.25, 0.3) is 5.91 Å². The Morgan fingerprint density at radius 2 is 2.67 bits per heavy atom. The molecular weight excluding hydrogens is 172 g/mol. The number of thiophene rings is 1. The van der Waals surface area contributed by atoms with Crippen LogP contribution in [0, 0.1) is 0 Å². The van der Waals surface area contributed by atoms with Crippen molar-refractivity contribution in [1.82, 2.24) is 5.43 Å². The second-order valence-electron chi connectivity index (χ2n) is 2.14. The van der Waals surface area contributed by atoms with E-state index in [1.807, 2.05) is 18.4 Å². The Morgan fingerprint density at radius 1 is 1.83 bits per heavy atom. The first-order valence-corrected chi connectivity index (χ1v) is 4.58. The van der Waals surface area contributed by atoms with E-state index >= 15 is 0 Å². The highest BCUT2D eigenvalue weighted by Gasteiger charge is 2.02. The molecule has 0 aliphatic carbocycles. The third-order valence-corrected chi connectivity index (χ3v) is 2.05. The third-order valence-electron chi connectivity index (χ3n) is 1.18. The molecule has 4 heteroatoms. The van der Waals surface area contributed by atoms with Gasteiger partial charge in [0.05, 0.1) is 4.88 Å². The summed E-state index contributed by atoms with van der Waals surface area (Å²) in [4.78, 5) is 11.8. The van der Waals surface area contributed by atoms with Crippen LogP contribution >= 0.6 is 11.3 Å². The first-order valence-electron chi connectivity index (χ1n) is 3.70. The zero-order valence-electron chi connectivity index (χ0n) is 6.78. The minimum atomic E-state index is -0.144. The van der Waals surface area contributed by atoms with E-state index in [-0.39, 0.29) is 5.91 Å². The van der Waals surface area contributed by atoms with Crippen molar-refractivity contribution in [3.05, 3.63) is 22.4 Å². The quantitative estimate of drug-likeness (QED) is 0.562. The summed E-state index contributed by atoms with van der Waals surface area (Å²) in [6.45, 7) is 1.96. The van der Waals surface area contributed by atoms with Gasteiger partial charge in [-0.3, -0.25) is 4.79 Å². The number of nitrogens with one attached hydrogen (secondary N) is 1. The molecule has 0 aromatic carbocycles. The Bertz CT molecular complexity index is 267. The SMILES string of the molecule is CCC=NNC(=O)c1cccs1. The van der Waals surface area contributed by atoms with E-state index in [4.69, 9.17) is 0 Å². The molecule has 1 amide bonds. The lowest BCUT2D eigenvalue weighted by Crippen LogP contribution is -2.15. The van der Waals surface area contributed by atoms with Crippen molar-refractivity contribution < 1.29 is 4.79 Å². The molecule has 0 saturated heterocycles. The summed E-state index contributed by atoms with van der Waals surface area (Å²) in [7, 11) is 0. The molecular formula is C8H10N2OS. The van der Waals surface area contributed by atoms with Crippen molar-refractivity contribution in [3.63, 3.8) is 0 Å². The molecule has 0 atom stereocenters. The summed E-state index contributed by atoms with van der Waals surface area (Å²) in [5.41, 5.74) is 2.43. The van der Waals surface area contributed by atoms with Gasteiger partial charge < -0.3 is 0 Å². The van der Waals surface area contributed by atoms with Gasteiger partial charge in [-0.15, -0.1) is 11.3 Å². The maximum Gasteiger partial charge on any atom is 0.281 e. The van der Waals surface area contributed by atoms with Crippen molar-refractivity contribution in [3.8, 4) is 0 Å². The van der Waals surface area contributed by atoms with Crippen LogP contribution in [0.2, 0.25) is 0 Å². The van der Waals surface area contributed by atoms with Gasteiger partial charge in [-0.2, -0.15) is 5.10 Å². The van der Waals surface area contributed by atoms with E-state index in [1.54, 1.807) is 12.3 Å². The highest BCUT2D eigenvalue weighted by atomic mass is 32.1. The molecule has 3 nitrogen and oxygen atoms in total. The number of hydrogen-bond acceptors (Lipinski definition) is 3. The maximum atomic E-state index is 11.2. The lowest BCUT2D eigenvalue weighted by atomic mass is 10.4. The highest BCUT2D eigenvalue weighted by molar-refractivity contribution is 7.12. The number of carbonyl (C=O) groups is 1. The second-order valence-corrected chi connectivity index (χ2v) is 3.09. The van der Waals surface area contributed by atoms with E-state index in [0.29, 0.717) is 4.88 Å². The van der Waals surface area contributed by atoms with Crippen molar-refractivity contribution >= 4 is 23.5 Å². The maximum absolute atomic E-state index is 11.2. The van der Waals surface area contributed by atoms with Crippen LogP contribution in [0.5, 0.6) is 0 Å². The third kappa shape index (κ3) is 2.47. The molecule has 1 aromatic heterocycles. The van der Waals surface area contributed by atoms with Crippen LogP contribution in [0.15, 0.2) is 22.6 Å². The summed E-state index contributed by atoms with van der Waals surface area (Å²) in [5.74, 6) is -0.144. The first-order chi connectivity index (χ1) is 5.84. The van der Waals surface area contributed by atoms with Gasteiger partial charge in [-0.1, -0.05) is 13.0 Å². The molecule has 1 rings (SSSR count). The van der Waals surface area contributed by atoms with Crippen LogP contribution in [0.3, 0.4) is 0 Å². The molecule has 0 spiro atoms. The van der Waals surface area contributed by atoms with E-state index < -0.39 is 0 Å². The summed E-state index contributed by atoms with van der Waals surface area (Å²) in [6, 6.07) is 3.60. The number of rotatable bonds is 3. The molecule has 1 heterocycles. The molecule has 0 bridgehead atoms. The number of hydrogen-bond donors (Lipinski definition) is 1. The lowest BCUT2D eigenvalue weighted by molar-refractivity contribution is 0.0959. The van der Waals surface area contributed by atoms with Gasteiger partial charge in [0.2, 0.25) is 0 Å². The van der Waals surface area contributed by atoms with E-state index in [1.165, 1.54) is 11.3 Å². The van der Waals surface area contributed by atoms with Gasteiger partial charge in [0.15, 0.2) is 0 Å². The van der Waals surface area contributed by atoms with E-state index in [0.717, 1.165) is 6.42 Å². The van der Waals surface area contributed by atoms with Gasteiger partial charge >= 0.3 is 0 Å². The Morgan fingerprint density at radius 3 is 3.25 bits per heavy atom. The van der Waals surface area contributed by atoms with Gasteiger partial charge in [0.1, 0.15) is 0 Å². The minimum absolute atomic E-state index is 0.144. The fraction of sp³-hybridized carbons (Fsp3) is 0.250. The molecule has 0 aliphatic heterocycles. The van der Waals surface area contributed by atoms with Gasteiger partial charge in [-0.25, -0.2) is 5.43 Å². The standard InChI is InChI=1S/C8H10N2OS/c1-2-5-9-10-8(11)7-4-3-6-12-7/h3-6H,2H2,1H3,(H,10,11). The van der Waals surface area contributed by atoms with Crippen LogP contribution in [0.1, 0.15) is 23.0 Å². The highest BCUT2D eigenvalue weighted by Crippen LogP contribution is 2.07. The molecule has 0 radical (unpaired) electrons. The molecule has 1 N–H and O–H groups in total.